The minimum absolute atomic E-state index is 0.0284. The van der Waals surface area contributed by atoms with Crippen molar-refractivity contribution in [1.29, 1.82) is 0 Å². The highest BCUT2D eigenvalue weighted by atomic mass is 16.1. The summed E-state index contributed by atoms with van der Waals surface area (Å²) in [6, 6.07) is 11.8. The average molecular weight is 347 g/mol. The number of nitrogens with one attached hydrogen (secondary N) is 1. The third-order valence-corrected chi connectivity index (χ3v) is 4.83. The van der Waals surface area contributed by atoms with Crippen LogP contribution in [0.1, 0.15) is 18.4 Å². The number of hydrogen-bond donors (Lipinski definition) is 1. The Morgan fingerprint density at radius 2 is 2.00 bits per heavy atom. The van der Waals surface area contributed by atoms with Crippen molar-refractivity contribution in [3.05, 3.63) is 60.7 Å². The van der Waals surface area contributed by atoms with Crippen molar-refractivity contribution in [3.63, 3.8) is 0 Å². The molecule has 6 nitrogen and oxygen atoms in total. The molecule has 1 aliphatic rings. The highest BCUT2D eigenvalue weighted by Gasteiger charge is 2.27. The second-order valence-electron chi connectivity index (χ2n) is 6.57. The minimum atomic E-state index is -0.0284. The number of amides is 1. The first-order chi connectivity index (χ1) is 12.8. The maximum Gasteiger partial charge on any atom is 0.225 e. The van der Waals surface area contributed by atoms with Gasteiger partial charge in [-0.15, -0.1) is 0 Å². The molecular formula is C20H21N5O. The van der Waals surface area contributed by atoms with Crippen molar-refractivity contribution < 1.29 is 4.79 Å². The van der Waals surface area contributed by atoms with Crippen LogP contribution in [0.4, 0.5) is 5.82 Å². The number of fused-ring (bicyclic) bond motifs is 1. The van der Waals surface area contributed by atoms with E-state index in [4.69, 9.17) is 0 Å². The van der Waals surface area contributed by atoms with Crippen molar-refractivity contribution in [3.8, 4) is 0 Å². The predicted octanol–water partition coefficient (Wildman–Crippen LogP) is 2.56. The minimum Gasteiger partial charge on any atom is -0.355 e. The number of rotatable bonds is 4. The SMILES string of the molecule is O=C(NCc1ccncc1)C1CCCN(c2ncnc3ccccc23)C1. The summed E-state index contributed by atoms with van der Waals surface area (Å²) < 4.78 is 0. The lowest BCUT2D eigenvalue weighted by Gasteiger charge is -2.33. The molecule has 1 saturated heterocycles. The molecule has 1 aromatic carbocycles. The van der Waals surface area contributed by atoms with E-state index < -0.39 is 0 Å². The Labute approximate surface area is 152 Å². The van der Waals surface area contributed by atoms with E-state index in [0.29, 0.717) is 13.1 Å². The van der Waals surface area contributed by atoms with Gasteiger partial charge >= 0.3 is 0 Å². The normalized spacial score (nSPS) is 17.2. The van der Waals surface area contributed by atoms with Crippen LogP contribution >= 0.6 is 0 Å². The first-order valence-electron chi connectivity index (χ1n) is 8.92. The van der Waals surface area contributed by atoms with Gasteiger partial charge in [-0.05, 0) is 42.7 Å². The summed E-state index contributed by atoms with van der Waals surface area (Å²) in [5.74, 6) is 0.992. The van der Waals surface area contributed by atoms with Gasteiger partial charge in [-0.1, -0.05) is 12.1 Å². The van der Waals surface area contributed by atoms with Crippen molar-refractivity contribution in [2.45, 2.75) is 19.4 Å². The molecule has 3 aromatic rings. The number of anilines is 1. The number of carbonyl (C=O) groups is 1. The third kappa shape index (κ3) is 3.49. The standard InChI is InChI=1S/C20H21N5O/c26-20(22-12-15-7-9-21-10-8-15)16-4-3-11-25(13-16)19-17-5-1-2-6-18(17)23-14-24-19/h1-2,5-10,14,16H,3-4,11-13H2,(H,22,26). The number of aromatic nitrogens is 3. The van der Waals surface area contributed by atoms with E-state index in [0.717, 1.165) is 41.7 Å². The second-order valence-corrected chi connectivity index (χ2v) is 6.57. The number of piperidine rings is 1. The van der Waals surface area contributed by atoms with Crippen LogP contribution in [0.25, 0.3) is 10.9 Å². The molecule has 2 aromatic heterocycles. The van der Waals surface area contributed by atoms with E-state index in [1.807, 2.05) is 36.4 Å². The lowest BCUT2D eigenvalue weighted by atomic mass is 9.96. The summed E-state index contributed by atoms with van der Waals surface area (Å²) >= 11 is 0. The Bertz CT molecular complexity index is 894. The first kappa shape index (κ1) is 16.4. The number of pyridine rings is 1. The second kappa shape index (κ2) is 7.47. The average Bonchev–Trinajstić information content (AvgIpc) is 2.72. The topological polar surface area (TPSA) is 71.0 Å². The summed E-state index contributed by atoms with van der Waals surface area (Å²) in [7, 11) is 0. The molecule has 0 radical (unpaired) electrons. The van der Waals surface area contributed by atoms with Gasteiger partial charge in [0.05, 0.1) is 11.4 Å². The van der Waals surface area contributed by atoms with Gasteiger partial charge in [-0.2, -0.15) is 0 Å². The fourth-order valence-electron chi connectivity index (χ4n) is 3.46. The smallest absolute Gasteiger partial charge is 0.225 e. The zero-order valence-corrected chi connectivity index (χ0v) is 14.5. The highest BCUT2D eigenvalue weighted by Crippen LogP contribution is 2.27. The fourth-order valence-corrected chi connectivity index (χ4v) is 3.46. The van der Waals surface area contributed by atoms with Crippen molar-refractivity contribution in [2.75, 3.05) is 18.0 Å². The molecule has 1 unspecified atom stereocenters. The monoisotopic (exact) mass is 347 g/mol. The van der Waals surface area contributed by atoms with Gasteiger partial charge in [0.15, 0.2) is 0 Å². The molecule has 0 bridgehead atoms. The largest absolute Gasteiger partial charge is 0.355 e. The third-order valence-electron chi connectivity index (χ3n) is 4.83. The van der Waals surface area contributed by atoms with E-state index in [-0.39, 0.29) is 11.8 Å². The molecule has 1 aliphatic heterocycles. The lowest BCUT2D eigenvalue weighted by Crippen LogP contribution is -2.43. The zero-order valence-electron chi connectivity index (χ0n) is 14.5. The van der Waals surface area contributed by atoms with Crippen LogP contribution < -0.4 is 10.2 Å². The highest BCUT2D eigenvalue weighted by molar-refractivity contribution is 5.89. The molecule has 1 atom stereocenters. The summed E-state index contributed by atoms with van der Waals surface area (Å²) in [6.45, 7) is 2.13. The molecule has 6 heteroatoms. The quantitative estimate of drug-likeness (QED) is 0.785. The number of carbonyl (C=O) groups excluding carboxylic acids is 1. The fraction of sp³-hybridized carbons (Fsp3) is 0.300. The number of nitrogens with zero attached hydrogens (tertiary/aromatic N) is 4. The molecule has 4 rings (SSSR count). The molecule has 26 heavy (non-hydrogen) atoms. The predicted molar refractivity (Wildman–Crippen MR) is 101 cm³/mol. The van der Waals surface area contributed by atoms with Gasteiger partial charge in [0.25, 0.3) is 0 Å². The molecule has 0 saturated carbocycles. The molecule has 1 N–H and O–H groups in total. The van der Waals surface area contributed by atoms with Crippen molar-refractivity contribution >= 4 is 22.6 Å². The van der Waals surface area contributed by atoms with E-state index in [1.165, 1.54) is 0 Å². The van der Waals surface area contributed by atoms with Crippen LogP contribution in [0.15, 0.2) is 55.1 Å². The summed E-state index contributed by atoms with van der Waals surface area (Å²) in [5, 5.41) is 4.09. The van der Waals surface area contributed by atoms with Crippen LogP contribution in [0.2, 0.25) is 0 Å². The molecule has 1 fully saturated rings. The lowest BCUT2D eigenvalue weighted by molar-refractivity contribution is -0.125. The summed E-state index contributed by atoms with van der Waals surface area (Å²) in [5.41, 5.74) is 1.99. The van der Waals surface area contributed by atoms with Crippen LogP contribution in [-0.4, -0.2) is 33.9 Å². The summed E-state index contributed by atoms with van der Waals surface area (Å²) in [4.78, 5) is 27.7. The van der Waals surface area contributed by atoms with Crippen LogP contribution in [0.5, 0.6) is 0 Å². The van der Waals surface area contributed by atoms with E-state index in [1.54, 1.807) is 18.7 Å². The molecular weight excluding hydrogens is 326 g/mol. The molecule has 132 valence electrons. The van der Waals surface area contributed by atoms with Crippen LogP contribution in [0.3, 0.4) is 0 Å². The van der Waals surface area contributed by atoms with Crippen LogP contribution in [-0.2, 0) is 11.3 Å². The van der Waals surface area contributed by atoms with Gasteiger partial charge in [-0.25, -0.2) is 9.97 Å². The zero-order chi connectivity index (χ0) is 17.8. The Morgan fingerprint density at radius 1 is 1.15 bits per heavy atom. The van der Waals surface area contributed by atoms with E-state index in [2.05, 4.69) is 25.2 Å². The van der Waals surface area contributed by atoms with Gasteiger partial charge in [0.1, 0.15) is 12.1 Å². The summed E-state index contributed by atoms with van der Waals surface area (Å²) in [6.07, 6.45) is 6.96. The first-order valence-corrected chi connectivity index (χ1v) is 8.92. The number of para-hydroxylation sites is 1. The van der Waals surface area contributed by atoms with Crippen molar-refractivity contribution in [1.82, 2.24) is 20.3 Å². The maximum absolute atomic E-state index is 12.6. The molecule has 0 spiro atoms. The maximum atomic E-state index is 12.6. The Morgan fingerprint density at radius 3 is 2.88 bits per heavy atom. The van der Waals surface area contributed by atoms with Crippen LogP contribution in [0, 0.1) is 5.92 Å². The molecule has 0 aliphatic carbocycles. The van der Waals surface area contributed by atoms with Crippen molar-refractivity contribution in [2.24, 2.45) is 5.92 Å². The number of hydrogen-bond acceptors (Lipinski definition) is 5. The number of benzene rings is 1. The molecule has 1 amide bonds. The molecule has 3 heterocycles. The van der Waals surface area contributed by atoms with E-state index in [9.17, 15) is 4.79 Å². The Balaban J connectivity index is 1.46. The Kier molecular flexibility index (Phi) is 4.73. The Hall–Kier alpha value is -3.02. The van der Waals surface area contributed by atoms with Gasteiger partial charge in [0.2, 0.25) is 5.91 Å². The van der Waals surface area contributed by atoms with Gasteiger partial charge in [-0.3, -0.25) is 9.78 Å². The van der Waals surface area contributed by atoms with E-state index >= 15 is 0 Å². The van der Waals surface area contributed by atoms with Gasteiger partial charge in [0, 0.05) is 37.4 Å². The van der Waals surface area contributed by atoms with Gasteiger partial charge < -0.3 is 10.2 Å².